The molecule has 0 aliphatic rings. The molecule has 0 aliphatic heterocycles. The second-order valence-electron chi connectivity index (χ2n) is 6.59. The van der Waals surface area contributed by atoms with Gasteiger partial charge in [-0.15, -0.1) is 0 Å². The van der Waals surface area contributed by atoms with Crippen molar-refractivity contribution in [1.29, 1.82) is 0 Å². The second-order valence-corrected chi connectivity index (χ2v) is 7.76. The lowest BCUT2D eigenvalue weighted by Gasteiger charge is -2.12. The molecule has 0 spiro atoms. The van der Waals surface area contributed by atoms with Gasteiger partial charge in [-0.05, 0) is 71.2 Å². The molecular formula is C22H16BrClN2O3. The molecule has 1 aromatic heterocycles. The zero-order chi connectivity index (χ0) is 20.7. The minimum absolute atomic E-state index is 0.0376. The smallest absolute Gasteiger partial charge is 0.231 e. The molecule has 0 radical (unpaired) electrons. The highest BCUT2D eigenvalue weighted by Crippen LogP contribution is 2.39. The number of phenols is 2. The summed E-state index contributed by atoms with van der Waals surface area (Å²) in [6.45, 7) is 3.65. The van der Waals surface area contributed by atoms with E-state index in [1.165, 1.54) is 6.07 Å². The lowest BCUT2D eigenvalue weighted by Crippen LogP contribution is -1.94. The van der Waals surface area contributed by atoms with Crippen molar-refractivity contribution >= 4 is 50.5 Å². The van der Waals surface area contributed by atoms with E-state index < -0.39 is 0 Å². The van der Waals surface area contributed by atoms with Crippen molar-refractivity contribution in [2.45, 2.75) is 13.8 Å². The number of para-hydroxylation sites is 2. The number of fused-ring (bicyclic) bond motifs is 1. The number of nitrogens with zero attached hydrogens (tertiary/aromatic N) is 2. The number of aromatic nitrogens is 1. The Morgan fingerprint density at radius 1 is 1.10 bits per heavy atom. The van der Waals surface area contributed by atoms with E-state index in [0.29, 0.717) is 43.3 Å². The van der Waals surface area contributed by atoms with Gasteiger partial charge in [0.2, 0.25) is 5.89 Å². The number of aromatic hydroxyl groups is 2. The zero-order valence-corrected chi connectivity index (χ0v) is 17.9. The van der Waals surface area contributed by atoms with Crippen molar-refractivity contribution in [2.75, 3.05) is 0 Å². The maximum atomic E-state index is 10.5. The molecule has 0 bridgehead atoms. The number of phenolic OH excluding ortho intramolecular Hbond substituents is 2. The molecule has 0 aliphatic carbocycles. The Morgan fingerprint density at radius 3 is 2.62 bits per heavy atom. The van der Waals surface area contributed by atoms with Gasteiger partial charge in [-0.1, -0.05) is 23.7 Å². The summed E-state index contributed by atoms with van der Waals surface area (Å²) in [7, 11) is 0. The summed E-state index contributed by atoms with van der Waals surface area (Å²) in [5, 5.41) is 21.3. The van der Waals surface area contributed by atoms with Crippen molar-refractivity contribution in [3.8, 4) is 23.0 Å². The number of rotatable bonds is 3. The highest BCUT2D eigenvalue weighted by molar-refractivity contribution is 9.10. The van der Waals surface area contributed by atoms with Crippen LogP contribution in [0.1, 0.15) is 16.7 Å². The minimum atomic E-state index is 0.0376. The lowest BCUT2D eigenvalue weighted by molar-refractivity contribution is 0.470. The van der Waals surface area contributed by atoms with Crippen molar-refractivity contribution in [3.05, 3.63) is 68.7 Å². The van der Waals surface area contributed by atoms with Gasteiger partial charge in [-0.2, -0.15) is 0 Å². The van der Waals surface area contributed by atoms with Crippen LogP contribution in [0.3, 0.4) is 0 Å². The Morgan fingerprint density at radius 2 is 1.86 bits per heavy atom. The van der Waals surface area contributed by atoms with Gasteiger partial charge in [-0.25, -0.2) is 4.98 Å². The predicted molar refractivity (Wildman–Crippen MR) is 119 cm³/mol. The Balaban J connectivity index is 1.76. The third kappa shape index (κ3) is 3.50. The number of aliphatic imine (C=N–C) groups is 1. The Labute approximate surface area is 180 Å². The van der Waals surface area contributed by atoms with Gasteiger partial charge in [0.25, 0.3) is 0 Å². The van der Waals surface area contributed by atoms with E-state index in [9.17, 15) is 10.2 Å². The average Bonchev–Trinajstić information content (AvgIpc) is 3.16. The molecule has 0 unspecified atom stereocenters. The predicted octanol–water partition coefficient (Wildman–Crippen LogP) is 6.69. The van der Waals surface area contributed by atoms with Gasteiger partial charge in [-0.3, -0.25) is 4.99 Å². The van der Waals surface area contributed by atoms with Crippen molar-refractivity contribution < 1.29 is 14.6 Å². The third-order valence-electron chi connectivity index (χ3n) is 4.70. The van der Waals surface area contributed by atoms with Crippen LogP contribution in [0.2, 0.25) is 5.02 Å². The molecule has 2 N–H and O–H groups in total. The molecule has 0 saturated carbocycles. The van der Waals surface area contributed by atoms with Crippen LogP contribution in [0.5, 0.6) is 11.5 Å². The first-order valence-electron chi connectivity index (χ1n) is 8.77. The van der Waals surface area contributed by atoms with E-state index in [1.807, 2.05) is 38.1 Å². The van der Waals surface area contributed by atoms with E-state index in [-0.39, 0.29) is 11.5 Å². The average molecular weight is 472 g/mol. The van der Waals surface area contributed by atoms with Gasteiger partial charge in [0, 0.05) is 16.8 Å². The number of hydrogen-bond acceptors (Lipinski definition) is 5. The largest absolute Gasteiger partial charge is 0.507 e. The van der Waals surface area contributed by atoms with Crippen LogP contribution in [-0.4, -0.2) is 21.4 Å². The molecular weight excluding hydrogens is 456 g/mol. The Bertz CT molecular complexity index is 1220. The van der Waals surface area contributed by atoms with Crippen LogP contribution >= 0.6 is 27.5 Å². The van der Waals surface area contributed by atoms with Crippen LogP contribution in [0.25, 0.3) is 22.6 Å². The summed E-state index contributed by atoms with van der Waals surface area (Å²) in [5.74, 6) is 0.419. The second kappa shape index (κ2) is 7.54. The monoisotopic (exact) mass is 470 g/mol. The number of benzene rings is 3. The summed E-state index contributed by atoms with van der Waals surface area (Å²) < 4.78 is 6.28. The Hall–Kier alpha value is -2.83. The van der Waals surface area contributed by atoms with Crippen molar-refractivity contribution in [2.24, 2.45) is 4.99 Å². The fraction of sp³-hybridized carbons (Fsp3) is 0.0909. The summed E-state index contributed by atoms with van der Waals surface area (Å²) in [6.07, 6.45) is 1.54. The van der Waals surface area contributed by atoms with Crippen molar-refractivity contribution in [3.63, 3.8) is 0 Å². The molecule has 1 heterocycles. The van der Waals surface area contributed by atoms with Gasteiger partial charge in [0.15, 0.2) is 5.58 Å². The third-order valence-corrected chi connectivity index (χ3v) is 6.24. The van der Waals surface area contributed by atoms with Crippen LogP contribution in [-0.2, 0) is 0 Å². The van der Waals surface area contributed by atoms with Crippen LogP contribution in [0, 0.1) is 13.8 Å². The van der Waals surface area contributed by atoms with Gasteiger partial charge >= 0.3 is 0 Å². The summed E-state index contributed by atoms with van der Waals surface area (Å²) in [4.78, 5) is 8.87. The molecule has 0 amide bonds. The molecule has 5 nitrogen and oxygen atoms in total. The highest BCUT2D eigenvalue weighted by atomic mass is 79.9. The van der Waals surface area contributed by atoms with Gasteiger partial charge < -0.3 is 14.6 Å². The SMILES string of the molecule is Cc1c(Cl)c(C)c(C=Nc2ccc(O)c(-c3nc4ccccc4o3)c2)c(O)c1Br. The topological polar surface area (TPSA) is 78.9 Å². The quantitative estimate of drug-likeness (QED) is 0.326. The lowest BCUT2D eigenvalue weighted by atomic mass is 10.0. The Kier molecular flexibility index (Phi) is 5.06. The molecule has 7 heteroatoms. The maximum Gasteiger partial charge on any atom is 0.231 e. The minimum Gasteiger partial charge on any atom is -0.507 e. The van der Waals surface area contributed by atoms with Crippen LogP contribution < -0.4 is 0 Å². The summed E-state index contributed by atoms with van der Waals surface area (Å²) in [6, 6.07) is 12.2. The van der Waals surface area contributed by atoms with Crippen LogP contribution in [0.4, 0.5) is 5.69 Å². The molecule has 4 aromatic rings. The molecule has 3 aromatic carbocycles. The van der Waals surface area contributed by atoms with Gasteiger partial charge in [0.1, 0.15) is 17.0 Å². The fourth-order valence-electron chi connectivity index (χ4n) is 3.03. The summed E-state index contributed by atoms with van der Waals surface area (Å²) in [5.41, 5.74) is 4.34. The number of hydrogen-bond donors (Lipinski definition) is 2. The summed E-state index contributed by atoms with van der Waals surface area (Å²) >= 11 is 9.71. The molecule has 146 valence electrons. The fourth-order valence-corrected chi connectivity index (χ4v) is 3.75. The maximum absolute atomic E-state index is 10.5. The molecule has 29 heavy (non-hydrogen) atoms. The first kappa shape index (κ1) is 19.5. The van der Waals surface area contributed by atoms with E-state index >= 15 is 0 Å². The molecule has 0 saturated heterocycles. The first-order valence-corrected chi connectivity index (χ1v) is 9.94. The number of oxazole rings is 1. The highest BCUT2D eigenvalue weighted by Gasteiger charge is 2.16. The zero-order valence-electron chi connectivity index (χ0n) is 15.6. The molecule has 0 fully saturated rings. The first-order chi connectivity index (χ1) is 13.9. The number of halogens is 2. The van der Waals surface area contributed by atoms with Gasteiger partial charge in [0.05, 0.1) is 15.7 Å². The van der Waals surface area contributed by atoms with E-state index in [1.54, 1.807) is 18.3 Å². The van der Waals surface area contributed by atoms with E-state index in [4.69, 9.17) is 16.0 Å². The standard InChI is InChI=1S/C22H16BrClN2O3/c1-11-15(21(28)19(23)12(2)20(11)24)10-25-13-7-8-17(27)14(9-13)22-26-16-5-3-4-6-18(16)29-22/h3-10,27-28H,1-2H3. The van der Waals surface area contributed by atoms with E-state index in [0.717, 1.165) is 11.1 Å². The molecule has 4 rings (SSSR count). The molecule has 0 atom stereocenters. The van der Waals surface area contributed by atoms with Crippen LogP contribution in [0.15, 0.2) is 56.3 Å². The normalized spacial score (nSPS) is 11.6. The van der Waals surface area contributed by atoms with Crippen molar-refractivity contribution in [1.82, 2.24) is 4.98 Å². The van der Waals surface area contributed by atoms with E-state index in [2.05, 4.69) is 25.9 Å².